The molecule has 0 aliphatic rings. The molecule has 2 aromatic rings. The molecule has 18 heavy (non-hydrogen) atoms. The SMILES string of the molecule is CCCCNCc1cc(=O)n2cccc(O)c2n1. The third-order valence-corrected chi connectivity index (χ3v) is 2.74. The summed E-state index contributed by atoms with van der Waals surface area (Å²) in [6.45, 7) is 3.57. The van der Waals surface area contributed by atoms with E-state index in [1.54, 1.807) is 12.3 Å². The van der Waals surface area contributed by atoms with Gasteiger partial charge in [0.1, 0.15) is 0 Å². The normalized spacial score (nSPS) is 10.9. The molecule has 0 saturated carbocycles. The predicted molar refractivity (Wildman–Crippen MR) is 69.7 cm³/mol. The number of nitrogens with one attached hydrogen (secondary N) is 1. The number of aromatic nitrogens is 2. The summed E-state index contributed by atoms with van der Waals surface area (Å²) >= 11 is 0. The van der Waals surface area contributed by atoms with E-state index in [-0.39, 0.29) is 11.3 Å². The average molecular weight is 247 g/mol. The van der Waals surface area contributed by atoms with Crippen LogP contribution in [0.5, 0.6) is 5.75 Å². The van der Waals surface area contributed by atoms with Crippen LogP contribution < -0.4 is 10.9 Å². The molecule has 0 amide bonds. The Morgan fingerprint density at radius 1 is 1.50 bits per heavy atom. The van der Waals surface area contributed by atoms with Gasteiger partial charge in [0.05, 0.1) is 5.69 Å². The molecule has 0 unspecified atom stereocenters. The van der Waals surface area contributed by atoms with Gasteiger partial charge in [-0.15, -0.1) is 0 Å². The number of rotatable bonds is 5. The van der Waals surface area contributed by atoms with Crippen LogP contribution >= 0.6 is 0 Å². The molecule has 0 saturated heterocycles. The molecule has 5 heteroatoms. The van der Waals surface area contributed by atoms with E-state index in [4.69, 9.17) is 0 Å². The highest BCUT2D eigenvalue weighted by molar-refractivity contribution is 5.52. The van der Waals surface area contributed by atoms with Gasteiger partial charge in [0.25, 0.3) is 5.56 Å². The summed E-state index contributed by atoms with van der Waals surface area (Å²) in [5.41, 5.74) is 0.776. The topological polar surface area (TPSA) is 66.6 Å². The molecular weight excluding hydrogens is 230 g/mol. The summed E-state index contributed by atoms with van der Waals surface area (Å²) < 4.78 is 1.34. The monoisotopic (exact) mass is 247 g/mol. The smallest absolute Gasteiger partial charge is 0.258 e. The summed E-state index contributed by atoms with van der Waals surface area (Å²) in [6, 6.07) is 4.63. The first kappa shape index (κ1) is 12.6. The number of pyridine rings is 1. The molecule has 2 rings (SSSR count). The van der Waals surface area contributed by atoms with Gasteiger partial charge < -0.3 is 10.4 Å². The molecule has 2 heterocycles. The van der Waals surface area contributed by atoms with Gasteiger partial charge in [-0.1, -0.05) is 13.3 Å². The van der Waals surface area contributed by atoms with E-state index in [1.165, 1.54) is 16.5 Å². The highest BCUT2D eigenvalue weighted by atomic mass is 16.3. The maximum atomic E-state index is 11.8. The lowest BCUT2D eigenvalue weighted by atomic mass is 10.3. The molecule has 96 valence electrons. The Bertz CT molecular complexity index is 592. The first-order chi connectivity index (χ1) is 8.72. The van der Waals surface area contributed by atoms with Crippen molar-refractivity contribution >= 4 is 5.65 Å². The molecule has 2 aromatic heterocycles. The van der Waals surface area contributed by atoms with Gasteiger partial charge in [-0.05, 0) is 25.1 Å². The van der Waals surface area contributed by atoms with Crippen molar-refractivity contribution in [2.24, 2.45) is 0 Å². The van der Waals surface area contributed by atoms with Gasteiger partial charge >= 0.3 is 0 Å². The highest BCUT2D eigenvalue weighted by Gasteiger charge is 2.05. The summed E-state index contributed by atoms with van der Waals surface area (Å²) in [7, 11) is 0. The molecule has 0 aliphatic carbocycles. The maximum absolute atomic E-state index is 11.8. The third kappa shape index (κ3) is 2.68. The summed E-state index contributed by atoms with van der Waals surface area (Å²) in [6.07, 6.45) is 3.82. The molecule has 2 N–H and O–H groups in total. The van der Waals surface area contributed by atoms with Crippen LogP contribution in [0.3, 0.4) is 0 Å². The molecule has 5 nitrogen and oxygen atoms in total. The number of unbranched alkanes of at least 4 members (excludes halogenated alkanes) is 1. The standard InChI is InChI=1S/C13H17N3O2/c1-2-3-6-14-9-10-8-12(18)16-7-4-5-11(17)13(16)15-10/h4-5,7-8,14,17H,2-3,6,9H2,1H3. The minimum atomic E-state index is -0.178. The zero-order chi connectivity index (χ0) is 13.0. The second-order valence-electron chi connectivity index (χ2n) is 4.20. The zero-order valence-corrected chi connectivity index (χ0v) is 10.4. The van der Waals surface area contributed by atoms with E-state index in [0.717, 1.165) is 19.4 Å². The minimum Gasteiger partial charge on any atom is -0.504 e. The predicted octanol–water partition coefficient (Wildman–Crippen LogP) is 1.29. The van der Waals surface area contributed by atoms with Crippen LogP contribution in [0.15, 0.2) is 29.2 Å². The summed E-state index contributed by atoms with van der Waals surface area (Å²) in [5, 5.41) is 12.9. The molecule has 0 atom stereocenters. The molecule has 0 aliphatic heterocycles. The van der Waals surface area contributed by atoms with Crippen molar-refractivity contribution in [3.63, 3.8) is 0 Å². The van der Waals surface area contributed by atoms with Gasteiger partial charge in [-0.3, -0.25) is 9.20 Å². The summed E-state index contributed by atoms with van der Waals surface area (Å²) in [4.78, 5) is 16.1. The van der Waals surface area contributed by atoms with Crippen LogP contribution in [0.25, 0.3) is 5.65 Å². The fourth-order valence-corrected chi connectivity index (χ4v) is 1.77. The Labute approximate surface area is 105 Å². The fourth-order valence-electron chi connectivity index (χ4n) is 1.77. The number of aromatic hydroxyl groups is 1. The largest absolute Gasteiger partial charge is 0.504 e. The van der Waals surface area contributed by atoms with Crippen LogP contribution in [-0.2, 0) is 6.54 Å². The van der Waals surface area contributed by atoms with E-state index in [0.29, 0.717) is 17.9 Å². The van der Waals surface area contributed by atoms with Gasteiger partial charge in [-0.2, -0.15) is 0 Å². The van der Waals surface area contributed by atoms with Gasteiger partial charge in [0.2, 0.25) is 0 Å². The maximum Gasteiger partial charge on any atom is 0.258 e. The second-order valence-corrected chi connectivity index (χ2v) is 4.20. The quantitative estimate of drug-likeness (QED) is 0.781. The Kier molecular flexibility index (Phi) is 3.94. The van der Waals surface area contributed by atoms with Crippen molar-refractivity contribution in [3.8, 4) is 5.75 Å². The summed E-state index contributed by atoms with van der Waals surface area (Å²) in [5.74, 6) is 0.0185. The van der Waals surface area contributed by atoms with Crippen molar-refractivity contribution in [3.05, 3.63) is 40.4 Å². The third-order valence-electron chi connectivity index (χ3n) is 2.74. The molecule has 0 bridgehead atoms. The number of hydrogen-bond acceptors (Lipinski definition) is 4. The lowest BCUT2D eigenvalue weighted by Crippen LogP contribution is -2.20. The van der Waals surface area contributed by atoms with Crippen molar-refractivity contribution in [1.82, 2.24) is 14.7 Å². The number of fused-ring (bicyclic) bond motifs is 1. The van der Waals surface area contributed by atoms with Crippen LogP contribution in [0, 0.1) is 0 Å². The van der Waals surface area contributed by atoms with Crippen LogP contribution in [0.1, 0.15) is 25.5 Å². The van der Waals surface area contributed by atoms with Gasteiger partial charge in [0.15, 0.2) is 11.4 Å². The van der Waals surface area contributed by atoms with Crippen molar-refractivity contribution in [2.75, 3.05) is 6.54 Å². The fraction of sp³-hybridized carbons (Fsp3) is 0.385. The number of hydrogen-bond donors (Lipinski definition) is 2. The van der Waals surface area contributed by atoms with E-state index < -0.39 is 0 Å². The van der Waals surface area contributed by atoms with E-state index in [9.17, 15) is 9.90 Å². The van der Waals surface area contributed by atoms with E-state index in [1.807, 2.05) is 0 Å². The number of nitrogens with zero attached hydrogens (tertiary/aromatic N) is 2. The van der Waals surface area contributed by atoms with Gasteiger partial charge in [-0.25, -0.2) is 4.98 Å². The van der Waals surface area contributed by atoms with Crippen LogP contribution in [0.2, 0.25) is 0 Å². The Hall–Kier alpha value is -1.88. The molecule has 0 fully saturated rings. The first-order valence-electron chi connectivity index (χ1n) is 6.13. The Morgan fingerprint density at radius 2 is 2.33 bits per heavy atom. The van der Waals surface area contributed by atoms with Crippen LogP contribution in [-0.4, -0.2) is 21.0 Å². The van der Waals surface area contributed by atoms with E-state index >= 15 is 0 Å². The molecule has 0 radical (unpaired) electrons. The van der Waals surface area contributed by atoms with E-state index in [2.05, 4.69) is 17.2 Å². The van der Waals surface area contributed by atoms with Crippen molar-refractivity contribution in [2.45, 2.75) is 26.3 Å². The zero-order valence-electron chi connectivity index (χ0n) is 10.4. The lowest BCUT2D eigenvalue weighted by molar-refractivity contribution is 0.476. The van der Waals surface area contributed by atoms with Gasteiger partial charge in [0, 0.05) is 18.8 Å². The first-order valence-corrected chi connectivity index (χ1v) is 6.13. The molecule has 0 spiro atoms. The van der Waals surface area contributed by atoms with Crippen LogP contribution in [0.4, 0.5) is 0 Å². The van der Waals surface area contributed by atoms with Crippen molar-refractivity contribution in [1.29, 1.82) is 0 Å². The second kappa shape index (κ2) is 5.64. The Morgan fingerprint density at radius 3 is 3.11 bits per heavy atom. The molecule has 0 aromatic carbocycles. The average Bonchev–Trinajstić information content (AvgIpc) is 2.36. The Balaban J connectivity index is 2.25. The molecular formula is C13H17N3O2. The highest BCUT2D eigenvalue weighted by Crippen LogP contribution is 2.13. The van der Waals surface area contributed by atoms with Crippen molar-refractivity contribution < 1.29 is 5.11 Å². The lowest BCUT2D eigenvalue weighted by Gasteiger charge is -2.06. The minimum absolute atomic E-state index is 0.0185.